The van der Waals surface area contributed by atoms with Crippen molar-refractivity contribution in [3.63, 3.8) is 0 Å². The molecule has 1 atom stereocenters. The zero-order valence-corrected chi connectivity index (χ0v) is 9.92. The van der Waals surface area contributed by atoms with Crippen LogP contribution in [0.4, 0.5) is 0 Å². The SMILES string of the molecule is O=C(O)C=CC(=O)OCC(=O)C1(C(=O)O)CCCN1. The van der Waals surface area contributed by atoms with E-state index in [1.54, 1.807) is 0 Å². The fraction of sp³-hybridized carbons (Fsp3) is 0.455. The quantitative estimate of drug-likeness (QED) is 0.317. The second-order valence-corrected chi connectivity index (χ2v) is 3.94. The van der Waals surface area contributed by atoms with E-state index in [2.05, 4.69) is 10.1 Å². The number of ether oxygens (including phenoxy) is 1. The van der Waals surface area contributed by atoms with Gasteiger partial charge in [0.2, 0.25) is 5.78 Å². The molecule has 0 aromatic rings. The molecule has 0 radical (unpaired) electrons. The minimum absolute atomic E-state index is 0.129. The van der Waals surface area contributed by atoms with Crippen LogP contribution in [-0.2, 0) is 23.9 Å². The van der Waals surface area contributed by atoms with Crippen molar-refractivity contribution in [2.45, 2.75) is 18.4 Å². The summed E-state index contributed by atoms with van der Waals surface area (Å²) >= 11 is 0. The van der Waals surface area contributed by atoms with E-state index in [1.165, 1.54) is 0 Å². The normalized spacial score (nSPS) is 22.3. The predicted octanol–water partition coefficient (Wildman–Crippen LogP) is -1.05. The third kappa shape index (κ3) is 3.62. The first-order valence-corrected chi connectivity index (χ1v) is 5.48. The number of Topliss-reactive ketones (excluding diaryl/α,β-unsaturated/α-hetero) is 1. The molecule has 0 aromatic heterocycles. The second kappa shape index (κ2) is 6.10. The maximum absolute atomic E-state index is 11.8. The van der Waals surface area contributed by atoms with Gasteiger partial charge in [-0.1, -0.05) is 0 Å². The van der Waals surface area contributed by atoms with E-state index < -0.39 is 35.8 Å². The first-order chi connectivity index (χ1) is 8.88. The van der Waals surface area contributed by atoms with E-state index in [4.69, 9.17) is 10.2 Å². The second-order valence-electron chi connectivity index (χ2n) is 3.94. The van der Waals surface area contributed by atoms with Gasteiger partial charge in [0.1, 0.15) is 0 Å². The largest absolute Gasteiger partial charge is 0.480 e. The smallest absolute Gasteiger partial charge is 0.331 e. The number of nitrogens with one attached hydrogen (secondary N) is 1. The van der Waals surface area contributed by atoms with E-state index >= 15 is 0 Å². The molecule has 0 aliphatic carbocycles. The third-order valence-electron chi connectivity index (χ3n) is 2.70. The van der Waals surface area contributed by atoms with Crippen LogP contribution >= 0.6 is 0 Å². The molecule has 1 fully saturated rings. The lowest BCUT2D eigenvalue weighted by molar-refractivity contribution is -0.154. The summed E-state index contributed by atoms with van der Waals surface area (Å²) in [5, 5.41) is 19.9. The van der Waals surface area contributed by atoms with Gasteiger partial charge in [-0.2, -0.15) is 0 Å². The molecule has 8 nitrogen and oxygen atoms in total. The highest BCUT2D eigenvalue weighted by molar-refractivity contribution is 6.09. The average Bonchev–Trinajstić information content (AvgIpc) is 2.83. The lowest BCUT2D eigenvalue weighted by Gasteiger charge is -2.22. The third-order valence-corrected chi connectivity index (χ3v) is 2.70. The summed E-state index contributed by atoms with van der Waals surface area (Å²) in [6.45, 7) is -0.326. The Labute approximate surface area is 108 Å². The molecule has 0 amide bonds. The van der Waals surface area contributed by atoms with E-state index in [1.807, 2.05) is 0 Å². The maximum atomic E-state index is 11.8. The van der Waals surface area contributed by atoms with Gasteiger partial charge in [0.15, 0.2) is 12.1 Å². The summed E-state index contributed by atoms with van der Waals surface area (Å²) in [4.78, 5) is 44.1. The molecule has 0 bridgehead atoms. The zero-order chi connectivity index (χ0) is 14.5. The molecule has 1 rings (SSSR count). The predicted molar refractivity (Wildman–Crippen MR) is 60.3 cm³/mol. The van der Waals surface area contributed by atoms with Crippen LogP contribution in [0.1, 0.15) is 12.8 Å². The lowest BCUT2D eigenvalue weighted by atomic mass is 9.92. The number of carbonyl (C=O) groups excluding carboxylic acids is 2. The first kappa shape index (κ1) is 14.8. The maximum Gasteiger partial charge on any atom is 0.331 e. The van der Waals surface area contributed by atoms with Crippen molar-refractivity contribution in [2.75, 3.05) is 13.2 Å². The highest BCUT2D eigenvalue weighted by Gasteiger charge is 2.48. The molecule has 8 heteroatoms. The number of carboxylic acids is 2. The van der Waals surface area contributed by atoms with E-state index in [0.29, 0.717) is 25.1 Å². The van der Waals surface area contributed by atoms with Crippen molar-refractivity contribution in [3.05, 3.63) is 12.2 Å². The van der Waals surface area contributed by atoms with Gasteiger partial charge in [0.25, 0.3) is 0 Å². The highest BCUT2D eigenvalue weighted by atomic mass is 16.5. The Morgan fingerprint density at radius 1 is 1.21 bits per heavy atom. The summed E-state index contributed by atoms with van der Waals surface area (Å²) in [6.07, 6.45) is 1.87. The molecule has 1 saturated heterocycles. The van der Waals surface area contributed by atoms with Crippen LogP contribution in [0.3, 0.4) is 0 Å². The fourth-order valence-corrected chi connectivity index (χ4v) is 1.73. The number of hydrogen-bond donors (Lipinski definition) is 3. The average molecular weight is 271 g/mol. The van der Waals surface area contributed by atoms with E-state index in [0.717, 1.165) is 0 Å². The van der Waals surface area contributed by atoms with Crippen LogP contribution in [0.15, 0.2) is 12.2 Å². The van der Waals surface area contributed by atoms with Crippen molar-refractivity contribution in [2.24, 2.45) is 0 Å². The van der Waals surface area contributed by atoms with Gasteiger partial charge in [-0.05, 0) is 19.4 Å². The molecular weight excluding hydrogens is 258 g/mol. The van der Waals surface area contributed by atoms with Gasteiger partial charge in [-0.3, -0.25) is 10.1 Å². The van der Waals surface area contributed by atoms with E-state index in [-0.39, 0.29) is 6.42 Å². The highest BCUT2D eigenvalue weighted by Crippen LogP contribution is 2.21. The summed E-state index contributed by atoms with van der Waals surface area (Å²) in [5.41, 5.74) is -1.71. The summed E-state index contributed by atoms with van der Waals surface area (Å²) in [6, 6.07) is 0. The molecule has 1 aliphatic rings. The summed E-state index contributed by atoms with van der Waals surface area (Å²) < 4.78 is 4.50. The number of esters is 1. The van der Waals surface area contributed by atoms with Crippen LogP contribution < -0.4 is 5.32 Å². The van der Waals surface area contributed by atoms with Crippen molar-refractivity contribution in [1.82, 2.24) is 5.32 Å². The van der Waals surface area contributed by atoms with Gasteiger partial charge in [-0.15, -0.1) is 0 Å². The Bertz CT molecular complexity index is 434. The van der Waals surface area contributed by atoms with Gasteiger partial charge in [0.05, 0.1) is 0 Å². The molecule has 3 N–H and O–H groups in total. The van der Waals surface area contributed by atoms with Gasteiger partial charge in [0, 0.05) is 12.2 Å². The van der Waals surface area contributed by atoms with Crippen molar-refractivity contribution in [3.8, 4) is 0 Å². The van der Waals surface area contributed by atoms with Crippen LogP contribution in [-0.4, -0.2) is 52.6 Å². The standard InChI is InChI=1S/C11H13NO7/c13-7(6-19-9(16)3-2-8(14)15)11(10(17)18)4-1-5-12-11/h2-3,12H,1,4-6H2,(H,14,15)(H,17,18). The number of hydrogen-bond acceptors (Lipinski definition) is 6. The Balaban J connectivity index is 2.57. The van der Waals surface area contributed by atoms with Crippen LogP contribution in [0.5, 0.6) is 0 Å². The number of aliphatic carboxylic acids is 2. The lowest BCUT2D eigenvalue weighted by Crippen LogP contribution is -2.55. The fourth-order valence-electron chi connectivity index (χ4n) is 1.73. The van der Waals surface area contributed by atoms with Crippen LogP contribution in [0.25, 0.3) is 0 Å². The zero-order valence-electron chi connectivity index (χ0n) is 9.92. The molecule has 19 heavy (non-hydrogen) atoms. The minimum atomic E-state index is -1.71. The number of carbonyl (C=O) groups is 4. The van der Waals surface area contributed by atoms with Crippen molar-refractivity contribution >= 4 is 23.7 Å². The first-order valence-electron chi connectivity index (χ1n) is 5.48. The monoisotopic (exact) mass is 271 g/mol. The summed E-state index contributed by atoms with van der Waals surface area (Å²) in [5.74, 6) is -4.43. The van der Waals surface area contributed by atoms with Crippen LogP contribution in [0.2, 0.25) is 0 Å². The Hall–Kier alpha value is -2.22. The molecule has 1 aliphatic heterocycles. The van der Waals surface area contributed by atoms with Crippen LogP contribution in [0, 0.1) is 0 Å². The molecule has 0 saturated carbocycles. The van der Waals surface area contributed by atoms with Crippen molar-refractivity contribution in [1.29, 1.82) is 0 Å². The minimum Gasteiger partial charge on any atom is -0.480 e. The Kier molecular flexibility index (Phi) is 4.76. The molecule has 104 valence electrons. The molecule has 1 unspecified atom stereocenters. The Morgan fingerprint density at radius 3 is 2.37 bits per heavy atom. The molecule has 1 heterocycles. The molecule has 0 aromatic carbocycles. The van der Waals surface area contributed by atoms with Crippen molar-refractivity contribution < 1.29 is 34.1 Å². The van der Waals surface area contributed by atoms with Gasteiger partial charge >= 0.3 is 17.9 Å². The topological polar surface area (TPSA) is 130 Å². The number of ketones is 1. The number of carboxylic acid groups (broad SMARTS) is 2. The van der Waals surface area contributed by atoms with Gasteiger partial charge in [-0.25, -0.2) is 14.4 Å². The Morgan fingerprint density at radius 2 is 1.89 bits per heavy atom. The number of rotatable bonds is 6. The summed E-state index contributed by atoms with van der Waals surface area (Å²) in [7, 11) is 0. The van der Waals surface area contributed by atoms with Gasteiger partial charge < -0.3 is 14.9 Å². The molecule has 0 spiro atoms. The van der Waals surface area contributed by atoms with E-state index in [9.17, 15) is 19.2 Å². The molecular formula is C11H13NO7.